The van der Waals surface area contributed by atoms with E-state index in [1.165, 1.54) is 6.42 Å². The van der Waals surface area contributed by atoms with Gasteiger partial charge in [0.25, 0.3) is 0 Å². The Hall–Kier alpha value is -1.26. The number of carbonyl (C=O) groups is 2. The molecule has 0 aromatic rings. The molecule has 0 spiro atoms. The van der Waals surface area contributed by atoms with E-state index in [0.29, 0.717) is 12.3 Å². The summed E-state index contributed by atoms with van der Waals surface area (Å²) in [4.78, 5) is 24.6. The molecule has 1 fully saturated rings. The van der Waals surface area contributed by atoms with E-state index in [1.54, 1.807) is 18.9 Å². The number of carboxylic acid groups (broad SMARTS) is 1. The maximum Gasteiger partial charge on any atom is 0.326 e. The summed E-state index contributed by atoms with van der Waals surface area (Å²) in [7, 11) is 1.76. The molecule has 5 nitrogen and oxygen atoms in total. The number of rotatable bonds is 4. The number of carboxylic acids is 1. The number of nitrogens with zero attached hydrogens (tertiary/aromatic N) is 1. The van der Waals surface area contributed by atoms with Crippen molar-refractivity contribution in [3.8, 4) is 0 Å². The van der Waals surface area contributed by atoms with Crippen molar-refractivity contribution >= 4 is 12.0 Å². The molecule has 2 unspecified atom stereocenters. The average Bonchev–Trinajstić information content (AvgIpc) is 2.35. The number of aliphatic carboxylic acids is 1. The molecule has 0 radical (unpaired) electrons. The van der Waals surface area contributed by atoms with Gasteiger partial charge in [0, 0.05) is 13.1 Å². The fourth-order valence-corrected chi connectivity index (χ4v) is 2.61. The van der Waals surface area contributed by atoms with Crippen molar-refractivity contribution in [1.82, 2.24) is 10.2 Å². The van der Waals surface area contributed by atoms with Crippen LogP contribution in [0.25, 0.3) is 0 Å². The predicted molar refractivity (Wildman–Crippen MR) is 69.4 cm³/mol. The molecule has 3 atom stereocenters. The Kier molecular flexibility index (Phi) is 5.44. The highest BCUT2D eigenvalue weighted by Crippen LogP contribution is 2.27. The van der Waals surface area contributed by atoms with Crippen LogP contribution in [-0.2, 0) is 4.79 Å². The lowest BCUT2D eigenvalue weighted by atomic mass is 9.85. The largest absolute Gasteiger partial charge is 0.480 e. The minimum atomic E-state index is -0.976. The van der Waals surface area contributed by atoms with Gasteiger partial charge in [-0.3, -0.25) is 0 Å². The zero-order valence-electron chi connectivity index (χ0n) is 11.5. The minimum absolute atomic E-state index is 0.227. The number of hydrogen-bond acceptors (Lipinski definition) is 2. The molecule has 2 N–H and O–H groups in total. The van der Waals surface area contributed by atoms with Gasteiger partial charge >= 0.3 is 12.0 Å². The van der Waals surface area contributed by atoms with Crippen molar-refractivity contribution in [2.45, 2.75) is 58.0 Å². The van der Waals surface area contributed by atoms with Crippen molar-refractivity contribution < 1.29 is 14.7 Å². The molecule has 1 aliphatic rings. The molecule has 0 aliphatic heterocycles. The second kappa shape index (κ2) is 6.61. The Balaban J connectivity index is 2.57. The van der Waals surface area contributed by atoms with Crippen LogP contribution < -0.4 is 5.32 Å². The summed E-state index contributed by atoms with van der Waals surface area (Å²) in [6.07, 6.45) is 4.91. The van der Waals surface area contributed by atoms with Crippen LogP contribution in [0, 0.1) is 5.92 Å². The highest BCUT2D eigenvalue weighted by molar-refractivity contribution is 5.82. The van der Waals surface area contributed by atoms with Crippen LogP contribution in [0.2, 0.25) is 0 Å². The summed E-state index contributed by atoms with van der Waals surface area (Å²) in [6.45, 7) is 3.91. The SMILES string of the molecule is CC[C@H](NC(=O)N(C)C1CCCCC1C)C(=O)O. The quantitative estimate of drug-likeness (QED) is 0.809. The smallest absolute Gasteiger partial charge is 0.326 e. The van der Waals surface area contributed by atoms with Crippen molar-refractivity contribution in [1.29, 1.82) is 0 Å². The van der Waals surface area contributed by atoms with Crippen LogP contribution in [0.4, 0.5) is 4.79 Å². The average molecular weight is 256 g/mol. The van der Waals surface area contributed by atoms with Gasteiger partial charge in [-0.05, 0) is 25.2 Å². The molecule has 0 heterocycles. The van der Waals surface area contributed by atoms with E-state index >= 15 is 0 Å². The van der Waals surface area contributed by atoms with Gasteiger partial charge < -0.3 is 15.3 Å². The van der Waals surface area contributed by atoms with Crippen LogP contribution >= 0.6 is 0 Å². The predicted octanol–water partition coefficient (Wildman–Crippen LogP) is 2.07. The van der Waals surface area contributed by atoms with Crippen molar-refractivity contribution in [2.24, 2.45) is 5.92 Å². The second-order valence-electron chi connectivity index (χ2n) is 5.19. The standard InChI is InChI=1S/C13H24N2O3/c1-4-10(12(16)17)14-13(18)15(3)11-8-6-5-7-9(11)2/h9-11H,4-8H2,1-3H3,(H,14,18)(H,16,17)/t9?,10-,11?/m0/s1. The van der Waals surface area contributed by atoms with Gasteiger partial charge in [0.2, 0.25) is 0 Å². The lowest BCUT2D eigenvalue weighted by Gasteiger charge is -2.36. The van der Waals surface area contributed by atoms with E-state index < -0.39 is 12.0 Å². The number of carbonyl (C=O) groups excluding carboxylic acids is 1. The summed E-state index contributed by atoms with van der Waals surface area (Å²) in [5.74, 6) is -0.490. The molecule has 0 bridgehead atoms. The topological polar surface area (TPSA) is 69.6 Å². The third-order valence-corrected chi connectivity index (χ3v) is 3.89. The fourth-order valence-electron chi connectivity index (χ4n) is 2.61. The highest BCUT2D eigenvalue weighted by Gasteiger charge is 2.29. The molecule has 0 aromatic heterocycles. The van der Waals surface area contributed by atoms with Gasteiger partial charge in [-0.15, -0.1) is 0 Å². The summed E-state index contributed by atoms with van der Waals surface area (Å²) >= 11 is 0. The first-order chi connectivity index (χ1) is 8.47. The monoisotopic (exact) mass is 256 g/mol. The van der Waals surface area contributed by atoms with Crippen molar-refractivity contribution in [3.05, 3.63) is 0 Å². The fraction of sp³-hybridized carbons (Fsp3) is 0.846. The molecular formula is C13H24N2O3. The van der Waals surface area contributed by atoms with Gasteiger partial charge in [-0.1, -0.05) is 26.7 Å². The van der Waals surface area contributed by atoms with Gasteiger partial charge in [0.15, 0.2) is 0 Å². The first-order valence-corrected chi connectivity index (χ1v) is 6.73. The second-order valence-corrected chi connectivity index (χ2v) is 5.19. The van der Waals surface area contributed by atoms with E-state index in [9.17, 15) is 9.59 Å². The Bertz CT molecular complexity index is 307. The molecule has 1 saturated carbocycles. The Labute approximate surface area is 109 Å². The van der Waals surface area contributed by atoms with E-state index in [4.69, 9.17) is 5.11 Å². The molecule has 1 aliphatic carbocycles. The van der Waals surface area contributed by atoms with Gasteiger partial charge in [-0.2, -0.15) is 0 Å². The zero-order chi connectivity index (χ0) is 13.7. The third kappa shape index (κ3) is 3.62. The number of nitrogens with one attached hydrogen (secondary N) is 1. The summed E-state index contributed by atoms with van der Waals surface area (Å²) in [6, 6.07) is -0.841. The number of hydrogen-bond donors (Lipinski definition) is 2. The van der Waals surface area contributed by atoms with Crippen molar-refractivity contribution in [2.75, 3.05) is 7.05 Å². The van der Waals surface area contributed by atoms with E-state index in [-0.39, 0.29) is 12.1 Å². The molecule has 0 aromatic carbocycles. The first-order valence-electron chi connectivity index (χ1n) is 6.73. The van der Waals surface area contributed by atoms with Crippen LogP contribution in [0.1, 0.15) is 46.0 Å². The maximum atomic E-state index is 12.0. The molecule has 104 valence electrons. The Morgan fingerprint density at radius 3 is 2.50 bits per heavy atom. The van der Waals surface area contributed by atoms with Crippen molar-refractivity contribution in [3.63, 3.8) is 0 Å². The number of urea groups is 1. The van der Waals surface area contributed by atoms with Crippen LogP contribution in [-0.4, -0.2) is 41.1 Å². The molecular weight excluding hydrogens is 232 g/mol. The molecule has 5 heteroatoms. The van der Waals surface area contributed by atoms with Gasteiger partial charge in [0.05, 0.1) is 0 Å². The van der Waals surface area contributed by atoms with E-state index in [2.05, 4.69) is 12.2 Å². The maximum absolute atomic E-state index is 12.0. The summed E-state index contributed by atoms with van der Waals surface area (Å²) < 4.78 is 0. The highest BCUT2D eigenvalue weighted by atomic mass is 16.4. The van der Waals surface area contributed by atoms with Crippen LogP contribution in [0.3, 0.4) is 0 Å². The lowest BCUT2D eigenvalue weighted by molar-refractivity contribution is -0.139. The molecule has 18 heavy (non-hydrogen) atoms. The van der Waals surface area contributed by atoms with E-state index in [1.807, 2.05) is 0 Å². The summed E-state index contributed by atoms with van der Waals surface area (Å²) in [5.41, 5.74) is 0. The van der Waals surface area contributed by atoms with Crippen LogP contribution in [0.15, 0.2) is 0 Å². The van der Waals surface area contributed by atoms with E-state index in [0.717, 1.165) is 19.3 Å². The minimum Gasteiger partial charge on any atom is -0.480 e. The number of amides is 2. The van der Waals surface area contributed by atoms with Gasteiger partial charge in [0.1, 0.15) is 6.04 Å². The third-order valence-electron chi connectivity index (χ3n) is 3.89. The first kappa shape index (κ1) is 14.8. The van der Waals surface area contributed by atoms with Gasteiger partial charge in [-0.25, -0.2) is 9.59 Å². The molecule has 1 rings (SSSR count). The normalized spacial score (nSPS) is 25.3. The van der Waals surface area contributed by atoms with Crippen LogP contribution in [0.5, 0.6) is 0 Å². The lowest BCUT2D eigenvalue weighted by Crippen LogP contribution is -2.51. The Morgan fingerprint density at radius 1 is 1.39 bits per heavy atom. The molecule has 2 amide bonds. The summed E-state index contributed by atoms with van der Waals surface area (Å²) in [5, 5.41) is 11.5. The molecule has 0 saturated heterocycles. The Morgan fingerprint density at radius 2 is 2.00 bits per heavy atom. The zero-order valence-corrected chi connectivity index (χ0v) is 11.5.